The molecule has 0 radical (unpaired) electrons. The lowest BCUT2D eigenvalue weighted by Crippen LogP contribution is -2.45. The zero-order chi connectivity index (χ0) is 16.2. The number of amides is 1. The number of carbonyl (C=O) groups excluding carboxylic acids is 1. The molecule has 2 heterocycles. The molecule has 122 valence electrons. The molecule has 0 unspecified atom stereocenters. The Labute approximate surface area is 137 Å². The van der Waals surface area contributed by atoms with Crippen molar-refractivity contribution in [1.82, 2.24) is 14.7 Å². The van der Waals surface area contributed by atoms with Crippen molar-refractivity contribution in [2.75, 3.05) is 13.1 Å². The Hall–Kier alpha value is -2.14. The molecule has 2 aromatic rings. The summed E-state index contributed by atoms with van der Waals surface area (Å²) in [4.78, 5) is 14.7. The number of benzene rings is 1. The van der Waals surface area contributed by atoms with Crippen LogP contribution in [0.25, 0.3) is 0 Å². The highest BCUT2D eigenvalue weighted by molar-refractivity contribution is 5.95. The minimum atomic E-state index is 0.0660. The molecule has 3 rings (SSSR count). The second-order valence-corrected chi connectivity index (χ2v) is 6.16. The van der Waals surface area contributed by atoms with Crippen molar-refractivity contribution in [1.29, 1.82) is 0 Å². The lowest BCUT2D eigenvalue weighted by atomic mass is 10.1. The van der Waals surface area contributed by atoms with Crippen LogP contribution in [0.3, 0.4) is 0 Å². The van der Waals surface area contributed by atoms with Gasteiger partial charge in [0.05, 0.1) is 24.0 Å². The highest BCUT2D eigenvalue weighted by atomic mass is 16.2. The molecule has 0 bridgehead atoms. The molecule has 1 amide bonds. The molecule has 1 fully saturated rings. The largest absolute Gasteiger partial charge is 0.337 e. The van der Waals surface area contributed by atoms with Gasteiger partial charge in [0, 0.05) is 19.1 Å². The maximum absolute atomic E-state index is 12.8. The number of hydrogen-bond acceptors (Lipinski definition) is 3. The molecule has 1 aromatic heterocycles. The first-order chi connectivity index (χ1) is 11.2. The predicted octanol–water partition coefficient (Wildman–Crippen LogP) is 2.06. The normalized spacial score (nSPS) is 18.2. The van der Waals surface area contributed by atoms with Crippen molar-refractivity contribution in [2.24, 2.45) is 5.73 Å². The van der Waals surface area contributed by atoms with Gasteiger partial charge in [-0.15, -0.1) is 0 Å². The van der Waals surface area contributed by atoms with Gasteiger partial charge in [-0.2, -0.15) is 5.10 Å². The van der Waals surface area contributed by atoms with Gasteiger partial charge >= 0.3 is 0 Å². The first kappa shape index (κ1) is 15.7. The number of aromatic nitrogens is 2. The number of likely N-dealkylation sites (tertiary alicyclic amines) is 1. The van der Waals surface area contributed by atoms with Crippen LogP contribution >= 0.6 is 0 Å². The van der Waals surface area contributed by atoms with Crippen LogP contribution in [0.15, 0.2) is 36.5 Å². The quantitative estimate of drug-likeness (QED) is 0.940. The van der Waals surface area contributed by atoms with Crippen molar-refractivity contribution in [3.63, 3.8) is 0 Å². The molecule has 0 aliphatic carbocycles. The third kappa shape index (κ3) is 3.45. The van der Waals surface area contributed by atoms with E-state index in [1.165, 1.54) is 5.56 Å². The molecule has 1 aliphatic heterocycles. The topological polar surface area (TPSA) is 64.2 Å². The summed E-state index contributed by atoms with van der Waals surface area (Å²) in [7, 11) is 0. The van der Waals surface area contributed by atoms with Crippen LogP contribution in [-0.4, -0.2) is 39.7 Å². The number of rotatable bonds is 4. The van der Waals surface area contributed by atoms with Gasteiger partial charge in [-0.05, 0) is 24.8 Å². The zero-order valence-corrected chi connectivity index (χ0v) is 13.6. The first-order valence-corrected chi connectivity index (χ1v) is 8.32. The summed E-state index contributed by atoms with van der Waals surface area (Å²) in [5.74, 6) is 0.0660. The molecule has 23 heavy (non-hydrogen) atoms. The van der Waals surface area contributed by atoms with E-state index in [1.807, 2.05) is 27.8 Å². The van der Waals surface area contributed by atoms with Crippen molar-refractivity contribution >= 4 is 5.91 Å². The van der Waals surface area contributed by atoms with Gasteiger partial charge in [0.1, 0.15) is 0 Å². The van der Waals surface area contributed by atoms with E-state index in [4.69, 9.17) is 5.73 Å². The van der Waals surface area contributed by atoms with Crippen LogP contribution in [0.2, 0.25) is 0 Å². The van der Waals surface area contributed by atoms with E-state index in [1.54, 1.807) is 6.20 Å². The Morgan fingerprint density at radius 2 is 2.13 bits per heavy atom. The molecule has 5 nitrogen and oxygen atoms in total. The summed E-state index contributed by atoms with van der Waals surface area (Å²) < 4.78 is 1.94. The van der Waals surface area contributed by atoms with Gasteiger partial charge in [0.15, 0.2) is 0 Å². The van der Waals surface area contributed by atoms with Crippen LogP contribution < -0.4 is 5.73 Å². The molecule has 1 saturated heterocycles. The summed E-state index contributed by atoms with van der Waals surface area (Å²) in [5.41, 5.74) is 8.91. The van der Waals surface area contributed by atoms with E-state index in [2.05, 4.69) is 24.2 Å². The van der Waals surface area contributed by atoms with Crippen LogP contribution in [0.1, 0.15) is 41.4 Å². The minimum absolute atomic E-state index is 0.0660. The summed E-state index contributed by atoms with van der Waals surface area (Å²) in [6.07, 6.45) is 4.47. The lowest BCUT2D eigenvalue weighted by molar-refractivity contribution is 0.0707. The third-order valence-electron chi connectivity index (χ3n) is 4.43. The molecule has 2 N–H and O–H groups in total. The highest BCUT2D eigenvalue weighted by Gasteiger charge is 2.25. The average Bonchev–Trinajstić information content (AvgIpc) is 2.97. The van der Waals surface area contributed by atoms with Crippen molar-refractivity contribution in [2.45, 2.75) is 38.8 Å². The Morgan fingerprint density at radius 3 is 2.83 bits per heavy atom. The van der Waals surface area contributed by atoms with Crippen molar-refractivity contribution in [3.8, 4) is 0 Å². The molecule has 1 aromatic carbocycles. The smallest absolute Gasteiger partial charge is 0.257 e. The van der Waals surface area contributed by atoms with Crippen molar-refractivity contribution < 1.29 is 4.79 Å². The summed E-state index contributed by atoms with van der Waals surface area (Å²) in [5, 5.41) is 4.46. The highest BCUT2D eigenvalue weighted by Crippen LogP contribution is 2.17. The number of nitrogens with zero attached hydrogens (tertiary/aromatic N) is 3. The Bertz CT molecular complexity index is 665. The van der Waals surface area contributed by atoms with Gasteiger partial charge < -0.3 is 10.6 Å². The fourth-order valence-electron chi connectivity index (χ4n) is 3.22. The SMILES string of the molecule is CCc1c(C(=O)N2CCC[C@@H](N)C2)cnn1Cc1ccccc1. The van der Waals surface area contributed by atoms with Gasteiger partial charge in [0.25, 0.3) is 5.91 Å². The number of nitrogens with two attached hydrogens (primary N) is 1. The van der Waals surface area contributed by atoms with Crippen molar-refractivity contribution in [3.05, 3.63) is 53.3 Å². The first-order valence-electron chi connectivity index (χ1n) is 8.32. The number of piperidine rings is 1. The molecule has 5 heteroatoms. The standard InChI is InChI=1S/C18H24N4O/c1-2-17-16(18(23)21-10-6-9-15(19)13-21)11-20-22(17)12-14-7-4-3-5-8-14/h3-5,7-8,11,15H,2,6,9-10,12-13,19H2,1H3/t15-/m1/s1. The monoisotopic (exact) mass is 312 g/mol. The fourth-order valence-corrected chi connectivity index (χ4v) is 3.22. The minimum Gasteiger partial charge on any atom is -0.337 e. The summed E-state index contributed by atoms with van der Waals surface area (Å²) in [6.45, 7) is 4.19. The van der Waals surface area contributed by atoms with Crippen LogP contribution in [0.4, 0.5) is 0 Å². The predicted molar refractivity (Wildman–Crippen MR) is 90.3 cm³/mol. The molecule has 0 saturated carbocycles. The van der Waals surface area contributed by atoms with Crippen LogP contribution in [-0.2, 0) is 13.0 Å². The van der Waals surface area contributed by atoms with Crippen LogP contribution in [0.5, 0.6) is 0 Å². The average molecular weight is 312 g/mol. The van der Waals surface area contributed by atoms with E-state index in [-0.39, 0.29) is 11.9 Å². The molecule has 1 aliphatic rings. The Balaban J connectivity index is 1.81. The number of carbonyl (C=O) groups is 1. The summed E-state index contributed by atoms with van der Waals surface area (Å²) >= 11 is 0. The van der Waals surface area contributed by atoms with Gasteiger partial charge in [-0.1, -0.05) is 37.3 Å². The van der Waals surface area contributed by atoms with Crippen LogP contribution in [0, 0.1) is 0 Å². The fraction of sp³-hybridized carbons (Fsp3) is 0.444. The van der Waals surface area contributed by atoms with E-state index in [0.717, 1.165) is 37.1 Å². The van der Waals surface area contributed by atoms with Gasteiger partial charge in [-0.25, -0.2) is 0 Å². The third-order valence-corrected chi connectivity index (χ3v) is 4.43. The van der Waals surface area contributed by atoms with E-state index in [9.17, 15) is 4.79 Å². The summed E-state index contributed by atoms with van der Waals surface area (Å²) in [6, 6.07) is 10.3. The Morgan fingerprint density at radius 1 is 1.35 bits per heavy atom. The molecule has 1 atom stereocenters. The van der Waals surface area contributed by atoms with Gasteiger partial charge in [0.2, 0.25) is 0 Å². The molecule has 0 spiro atoms. The van der Waals surface area contributed by atoms with Gasteiger partial charge in [-0.3, -0.25) is 9.48 Å². The molecular weight excluding hydrogens is 288 g/mol. The zero-order valence-electron chi connectivity index (χ0n) is 13.6. The second kappa shape index (κ2) is 6.96. The Kier molecular flexibility index (Phi) is 4.76. The second-order valence-electron chi connectivity index (χ2n) is 6.16. The van der Waals surface area contributed by atoms with E-state index in [0.29, 0.717) is 13.1 Å². The number of hydrogen-bond donors (Lipinski definition) is 1. The maximum Gasteiger partial charge on any atom is 0.257 e. The lowest BCUT2D eigenvalue weighted by Gasteiger charge is -2.30. The van der Waals surface area contributed by atoms with E-state index < -0.39 is 0 Å². The van der Waals surface area contributed by atoms with E-state index >= 15 is 0 Å². The molecular formula is C18H24N4O. The maximum atomic E-state index is 12.8.